The van der Waals surface area contributed by atoms with Crippen molar-refractivity contribution in [2.75, 3.05) is 13.6 Å². The Labute approximate surface area is 100.0 Å². The van der Waals surface area contributed by atoms with Crippen LogP contribution in [0.5, 0.6) is 0 Å². The smallest absolute Gasteiger partial charge is 0.304 e. The SMILES string of the molecule is CC(CC(N)=O)NS(=O)(=O)N(C)CCC(=O)O. The predicted octanol–water partition coefficient (Wildman–Crippen LogP) is -1.51. The largest absolute Gasteiger partial charge is 0.481 e. The number of rotatable bonds is 8. The zero-order valence-corrected chi connectivity index (χ0v) is 10.5. The van der Waals surface area contributed by atoms with Crippen molar-refractivity contribution in [3.63, 3.8) is 0 Å². The summed E-state index contributed by atoms with van der Waals surface area (Å²) in [6, 6.07) is -0.634. The Morgan fingerprint density at radius 3 is 2.41 bits per heavy atom. The Hall–Kier alpha value is -1.19. The average Bonchev–Trinajstić information content (AvgIpc) is 2.11. The molecule has 0 saturated heterocycles. The van der Waals surface area contributed by atoms with Crippen molar-refractivity contribution in [3.8, 4) is 0 Å². The topological polar surface area (TPSA) is 130 Å². The quantitative estimate of drug-likeness (QED) is 0.492. The Bertz CT molecular complexity index is 381. The summed E-state index contributed by atoms with van der Waals surface area (Å²) in [6.07, 6.45) is -0.409. The fraction of sp³-hybridized carbons (Fsp3) is 0.750. The van der Waals surface area contributed by atoms with Crippen molar-refractivity contribution in [2.45, 2.75) is 25.8 Å². The van der Waals surface area contributed by atoms with Crippen molar-refractivity contribution in [1.29, 1.82) is 0 Å². The van der Waals surface area contributed by atoms with Gasteiger partial charge in [0, 0.05) is 26.1 Å². The number of hydrogen-bond donors (Lipinski definition) is 3. The van der Waals surface area contributed by atoms with Crippen LogP contribution in [0.4, 0.5) is 0 Å². The van der Waals surface area contributed by atoms with Gasteiger partial charge in [0.25, 0.3) is 10.2 Å². The van der Waals surface area contributed by atoms with E-state index in [2.05, 4.69) is 4.72 Å². The molecular formula is C8H17N3O5S. The van der Waals surface area contributed by atoms with E-state index in [-0.39, 0.29) is 19.4 Å². The molecule has 0 saturated carbocycles. The van der Waals surface area contributed by atoms with Crippen LogP contribution in [0.15, 0.2) is 0 Å². The zero-order valence-electron chi connectivity index (χ0n) is 9.71. The molecule has 0 aliphatic carbocycles. The third-order valence-electron chi connectivity index (χ3n) is 1.91. The molecule has 100 valence electrons. The summed E-state index contributed by atoms with van der Waals surface area (Å²) in [4.78, 5) is 20.9. The highest BCUT2D eigenvalue weighted by atomic mass is 32.2. The second kappa shape index (κ2) is 6.52. The maximum atomic E-state index is 11.6. The molecule has 0 aromatic heterocycles. The van der Waals surface area contributed by atoms with Gasteiger partial charge >= 0.3 is 5.97 Å². The van der Waals surface area contributed by atoms with Crippen molar-refractivity contribution >= 4 is 22.1 Å². The van der Waals surface area contributed by atoms with Gasteiger partial charge in [-0.3, -0.25) is 9.59 Å². The lowest BCUT2D eigenvalue weighted by Crippen LogP contribution is -2.44. The molecule has 0 aliphatic heterocycles. The molecule has 0 aromatic rings. The molecule has 1 amide bonds. The van der Waals surface area contributed by atoms with Crippen LogP contribution in [0.2, 0.25) is 0 Å². The van der Waals surface area contributed by atoms with Crippen LogP contribution in [0.1, 0.15) is 19.8 Å². The van der Waals surface area contributed by atoms with Crippen molar-refractivity contribution in [3.05, 3.63) is 0 Å². The molecule has 0 heterocycles. The summed E-state index contributed by atoms with van der Waals surface area (Å²) >= 11 is 0. The van der Waals surface area contributed by atoms with Crippen LogP contribution in [0, 0.1) is 0 Å². The Morgan fingerprint density at radius 1 is 1.47 bits per heavy atom. The lowest BCUT2D eigenvalue weighted by Gasteiger charge is -2.19. The molecule has 4 N–H and O–H groups in total. The molecule has 17 heavy (non-hydrogen) atoms. The Kier molecular flexibility index (Phi) is 6.07. The van der Waals surface area contributed by atoms with Gasteiger partial charge in [-0.2, -0.15) is 17.4 Å². The first-order valence-corrected chi connectivity index (χ1v) is 6.33. The highest BCUT2D eigenvalue weighted by molar-refractivity contribution is 7.87. The number of nitrogens with zero attached hydrogens (tertiary/aromatic N) is 1. The summed E-state index contributed by atoms with van der Waals surface area (Å²) in [7, 11) is -2.54. The minimum atomic E-state index is -3.79. The summed E-state index contributed by atoms with van der Waals surface area (Å²) in [6.45, 7) is 1.35. The highest BCUT2D eigenvalue weighted by Crippen LogP contribution is 1.99. The number of nitrogens with one attached hydrogen (secondary N) is 1. The fourth-order valence-electron chi connectivity index (χ4n) is 1.06. The third kappa shape index (κ3) is 6.87. The second-order valence-electron chi connectivity index (χ2n) is 3.66. The Morgan fingerprint density at radius 2 is 2.00 bits per heavy atom. The van der Waals surface area contributed by atoms with E-state index >= 15 is 0 Å². The van der Waals surface area contributed by atoms with E-state index in [1.807, 2.05) is 0 Å². The van der Waals surface area contributed by atoms with E-state index in [1.54, 1.807) is 0 Å². The minimum Gasteiger partial charge on any atom is -0.481 e. The van der Waals surface area contributed by atoms with Crippen LogP contribution >= 0.6 is 0 Å². The number of nitrogens with two attached hydrogens (primary N) is 1. The van der Waals surface area contributed by atoms with Crippen LogP contribution in [-0.2, 0) is 19.8 Å². The van der Waals surface area contributed by atoms with Crippen LogP contribution in [-0.4, -0.2) is 49.3 Å². The molecule has 0 aliphatic rings. The number of carbonyl (C=O) groups excluding carboxylic acids is 1. The maximum absolute atomic E-state index is 11.6. The van der Waals surface area contributed by atoms with Gasteiger partial charge < -0.3 is 10.8 Å². The van der Waals surface area contributed by atoms with E-state index in [9.17, 15) is 18.0 Å². The van der Waals surface area contributed by atoms with Crippen molar-refractivity contribution in [2.24, 2.45) is 5.73 Å². The minimum absolute atomic E-state index is 0.119. The monoisotopic (exact) mass is 267 g/mol. The molecule has 1 unspecified atom stereocenters. The first kappa shape index (κ1) is 15.8. The summed E-state index contributed by atoms with van der Waals surface area (Å²) in [5.74, 6) is -1.70. The van der Waals surface area contributed by atoms with Crippen LogP contribution in [0.3, 0.4) is 0 Å². The van der Waals surface area contributed by atoms with E-state index in [0.29, 0.717) is 0 Å². The maximum Gasteiger partial charge on any atom is 0.304 e. The normalized spacial score (nSPS) is 13.6. The third-order valence-corrected chi connectivity index (χ3v) is 3.61. The van der Waals surface area contributed by atoms with Gasteiger partial charge in [-0.1, -0.05) is 0 Å². The molecular weight excluding hydrogens is 250 g/mol. The lowest BCUT2D eigenvalue weighted by molar-refractivity contribution is -0.137. The number of aliphatic carboxylic acids is 1. The standard InChI is InChI=1S/C8H17N3O5S/c1-6(5-7(9)12)10-17(15,16)11(2)4-3-8(13)14/h6,10H,3-5H2,1-2H3,(H2,9,12)(H,13,14). The summed E-state index contributed by atoms with van der Waals surface area (Å²) in [5.41, 5.74) is 4.92. The van der Waals surface area contributed by atoms with E-state index in [4.69, 9.17) is 10.8 Å². The fourth-order valence-corrected chi connectivity index (χ4v) is 2.16. The number of hydrogen-bond acceptors (Lipinski definition) is 4. The van der Waals surface area contributed by atoms with E-state index in [0.717, 1.165) is 4.31 Å². The van der Waals surface area contributed by atoms with Crippen molar-refractivity contribution < 1.29 is 23.1 Å². The van der Waals surface area contributed by atoms with Gasteiger partial charge in [0.15, 0.2) is 0 Å². The number of primary amides is 1. The second-order valence-corrected chi connectivity index (χ2v) is 5.47. The molecule has 0 fully saturated rings. The van der Waals surface area contributed by atoms with Gasteiger partial charge in [-0.05, 0) is 6.92 Å². The van der Waals surface area contributed by atoms with Gasteiger partial charge in [0.05, 0.1) is 6.42 Å². The highest BCUT2D eigenvalue weighted by Gasteiger charge is 2.21. The Balaban J connectivity index is 4.36. The average molecular weight is 267 g/mol. The summed E-state index contributed by atoms with van der Waals surface area (Å²) < 4.78 is 26.3. The lowest BCUT2D eigenvalue weighted by atomic mass is 10.2. The first-order valence-electron chi connectivity index (χ1n) is 4.89. The molecule has 1 atom stereocenters. The molecule has 0 radical (unpaired) electrons. The first-order chi connectivity index (χ1) is 7.65. The van der Waals surface area contributed by atoms with Crippen molar-refractivity contribution in [1.82, 2.24) is 9.03 Å². The van der Waals surface area contributed by atoms with Gasteiger partial charge in [0.1, 0.15) is 0 Å². The molecule has 9 heteroatoms. The zero-order chi connectivity index (χ0) is 13.6. The van der Waals surface area contributed by atoms with Gasteiger partial charge in [-0.25, -0.2) is 0 Å². The number of amides is 1. The molecule has 0 spiro atoms. The van der Waals surface area contributed by atoms with Gasteiger partial charge in [0.2, 0.25) is 5.91 Å². The molecule has 0 bridgehead atoms. The predicted molar refractivity (Wildman–Crippen MR) is 60.2 cm³/mol. The summed E-state index contributed by atoms with van der Waals surface area (Å²) in [5, 5.41) is 8.43. The van der Waals surface area contributed by atoms with E-state index in [1.165, 1.54) is 14.0 Å². The number of carboxylic acids is 1. The molecule has 0 rings (SSSR count). The van der Waals surface area contributed by atoms with E-state index < -0.39 is 28.1 Å². The van der Waals surface area contributed by atoms with Gasteiger partial charge in [-0.15, -0.1) is 0 Å². The number of carboxylic acid groups (broad SMARTS) is 1. The number of carbonyl (C=O) groups is 2. The van der Waals surface area contributed by atoms with Crippen LogP contribution < -0.4 is 10.5 Å². The molecule has 8 nitrogen and oxygen atoms in total. The van der Waals surface area contributed by atoms with Crippen LogP contribution in [0.25, 0.3) is 0 Å². The molecule has 0 aromatic carbocycles.